The van der Waals surface area contributed by atoms with Crippen molar-refractivity contribution >= 4 is 16.9 Å². The molecular weight excluding hydrogens is 516 g/mol. The summed E-state index contributed by atoms with van der Waals surface area (Å²) in [7, 11) is 1.22. The number of likely N-dealkylation sites (tertiary alicyclic amines) is 1. The van der Waals surface area contributed by atoms with Crippen LogP contribution in [-0.2, 0) is 22.6 Å². The zero-order valence-corrected chi connectivity index (χ0v) is 21.9. The second-order valence-corrected chi connectivity index (χ2v) is 10.5. The van der Waals surface area contributed by atoms with Gasteiger partial charge in [-0.05, 0) is 30.5 Å². The van der Waals surface area contributed by atoms with E-state index >= 15 is 0 Å². The average Bonchev–Trinajstić information content (AvgIpc) is 2.95. The largest absolute Gasteiger partial charge is 0.502 e. The highest BCUT2D eigenvalue weighted by Gasteiger charge is 2.35. The van der Waals surface area contributed by atoms with Gasteiger partial charge in [0, 0.05) is 48.9 Å². The number of ether oxygens (including phenoxy) is 1. The zero-order chi connectivity index (χ0) is 28.0. The number of piperidine rings is 1. The van der Waals surface area contributed by atoms with Gasteiger partial charge in [-0.2, -0.15) is 0 Å². The van der Waals surface area contributed by atoms with Gasteiger partial charge in [-0.1, -0.05) is 18.2 Å². The molecule has 1 fully saturated rings. The number of esters is 1. The number of rotatable bonds is 6. The number of pyridine rings is 1. The number of fused-ring (bicyclic) bond motifs is 5. The monoisotopic (exact) mass is 544 g/mol. The summed E-state index contributed by atoms with van der Waals surface area (Å²) in [6, 6.07) is 13.3. The van der Waals surface area contributed by atoms with Gasteiger partial charge in [0.2, 0.25) is 11.2 Å². The summed E-state index contributed by atoms with van der Waals surface area (Å²) in [6.07, 6.45) is 1.86. The zero-order valence-electron chi connectivity index (χ0n) is 21.9. The molecule has 40 heavy (non-hydrogen) atoms. The maximum Gasteiger partial charge on any atom is 0.306 e. The first kappa shape index (κ1) is 25.8. The summed E-state index contributed by atoms with van der Waals surface area (Å²) in [4.78, 5) is 53.2. The van der Waals surface area contributed by atoms with Crippen LogP contribution in [0.25, 0.3) is 11.0 Å². The molecule has 0 aliphatic carbocycles. The molecule has 0 spiro atoms. The van der Waals surface area contributed by atoms with Gasteiger partial charge in [0.05, 0.1) is 37.6 Å². The van der Waals surface area contributed by atoms with Gasteiger partial charge in [0.25, 0.3) is 5.56 Å². The lowest BCUT2D eigenvalue weighted by atomic mass is 9.83. The molecule has 1 unspecified atom stereocenters. The Morgan fingerprint density at radius 2 is 1.93 bits per heavy atom. The normalized spacial score (nSPS) is 19.2. The Kier molecular flexibility index (Phi) is 6.63. The van der Waals surface area contributed by atoms with E-state index in [1.807, 2.05) is 10.6 Å². The van der Waals surface area contributed by atoms with E-state index in [1.165, 1.54) is 19.4 Å². The fourth-order valence-electron chi connectivity index (χ4n) is 6.14. The Balaban J connectivity index is 1.36. The first-order valence-corrected chi connectivity index (χ1v) is 13.2. The minimum absolute atomic E-state index is 0.00429. The van der Waals surface area contributed by atoms with E-state index in [4.69, 9.17) is 13.6 Å². The lowest BCUT2D eigenvalue weighted by molar-refractivity contribution is -0.140. The lowest BCUT2D eigenvalue weighted by Gasteiger charge is -2.42. The second kappa shape index (κ2) is 10.3. The second-order valence-electron chi connectivity index (χ2n) is 10.5. The summed E-state index contributed by atoms with van der Waals surface area (Å²) in [5, 5.41) is 11.1. The predicted molar refractivity (Wildman–Crippen MR) is 144 cm³/mol. The minimum Gasteiger partial charge on any atom is -0.502 e. The van der Waals surface area contributed by atoms with Crippen LogP contribution in [0.1, 0.15) is 47.5 Å². The summed E-state index contributed by atoms with van der Waals surface area (Å²) in [5.74, 6) is -1.90. The molecule has 1 N–H and O–H groups in total. The number of hydrogen-bond donors (Lipinski definition) is 1. The summed E-state index contributed by atoms with van der Waals surface area (Å²) < 4.78 is 18.4. The molecule has 5 heterocycles. The minimum atomic E-state index is -1.11. The lowest BCUT2D eigenvalue weighted by Crippen LogP contribution is -2.46. The van der Waals surface area contributed by atoms with Gasteiger partial charge in [0.15, 0.2) is 11.2 Å². The van der Waals surface area contributed by atoms with E-state index in [0.717, 1.165) is 12.1 Å². The van der Waals surface area contributed by atoms with Crippen molar-refractivity contribution in [3.63, 3.8) is 0 Å². The summed E-state index contributed by atoms with van der Waals surface area (Å²) >= 11 is 0. The highest BCUT2D eigenvalue weighted by atomic mass is 16.5. The quantitative estimate of drug-likeness (QED) is 0.364. The third kappa shape index (κ3) is 4.64. The Bertz CT molecular complexity index is 1790. The van der Waals surface area contributed by atoms with Crippen LogP contribution >= 0.6 is 0 Å². The first-order chi connectivity index (χ1) is 19.3. The molecule has 0 radical (unpaired) electrons. The molecule has 10 nitrogen and oxygen atoms in total. The smallest absolute Gasteiger partial charge is 0.306 e. The maximum absolute atomic E-state index is 13.4. The summed E-state index contributed by atoms with van der Waals surface area (Å²) in [5.41, 5.74) is 0.361. The highest BCUT2D eigenvalue weighted by molar-refractivity contribution is 5.77. The molecule has 3 atom stereocenters. The number of benzene rings is 1. The van der Waals surface area contributed by atoms with Crippen LogP contribution in [0.5, 0.6) is 5.75 Å². The van der Waals surface area contributed by atoms with Gasteiger partial charge in [-0.3, -0.25) is 24.1 Å². The Morgan fingerprint density at radius 3 is 2.75 bits per heavy atom. The third-order valence-corrected chi connectivity index (χ3v) is 7.93. The van der Waals surface area contributed by atoms with Crippen molar-refractivity contribution in [1.82, 2.24) is 9.47 Å². The number of hydrogen-bond acceptors (Lipinski definition) is 9. The molecule has 6 rings (SSSR count). The SMILES string of the molecule is COC(=O)CC(c1oc(CN2C[C@H]3C[C@@H](C2)c2cccc(=O)n2C3)cc(=O)c1O)c1coc2ccccc2c1=O. The molecule has 1 aromatic carbocycles. The molecule has 1 saturated heterocycles. The number of aromatic nitrogens is 1. The first-order valence-electron chi connectivity index (χ1n) is 13.2. The molecule has 206 valence electrons. The van der Waals surface area contributed by atoms with Gasteiger partial charge >= 0.3 is 5.97 Å². The molecule has 2 aliphatic heterocycles. The number of carbonyl (C=O) groups is 1. The number of methoxy groups -OCH3 is 1. The molecular formula is C30H28N2O8. The molecule has 0 amide bonds. The van der Waals surface area contributed by atoms with Crippen molar-refractivity contribution in [1.29, 1.82) is 0 Å². The Labute approximate surface area is 228 Å². The van der Waals surface area contributed by atoms with E-state index in [2.05, 4.69) is 4.90 Å². The predicted octanol–water partition coefficient (Wildman–Crippen LogP) is 2.93. The van der Waals surface area contributed by atoms with Crippen molar-refractivity contribution in [2.45, 2.75) is 37.8 Å². The van der Waals surface area contributed by atoms with E-state index in [0.29, 0.717) is 36.4 Å². The standard InChI is InChI=1S/C30H28N2O8/c1-38-27(35)11-21(22-16-39-25-7-3-2-5-20(25)28(22)36)30-29(37)24(33)10-19(40-30)15-31-12-17-9-18(14-31)23-6-4-8-26(34)32(23)13-17/h2-8,10,16-18,21,37H,9,11-15H2,1H3/t17-,18+,21?/m1/s1. The third-order valence-electron chi connectivity index (χ3n) is 7.93. The van der Waals surface area contributed by atoms with Crippen LogP contribution < -0.4 is 16.4 Å². The van der Waals surface area contributed by atoms with Gasteiger partial charge in [-0.15, -0.1) is 0 Å². The van der Waals surface area contributed by atoms with Crippen LogP contribution in [0.4, 0.5) is 0 Å². The van der Waals surface area contributed by atoms with Crippen molar-refractivity contribution < 1.29 is 23.5 Å². The van der Waals surface area contributed by atoms with E-state index in [-0.39, 0.29) is 41.7 Å². The number of nitrogens with zero attached hydrogens (tertiary/aromatic N) is 2. The topological polar surface area (TPSA) is 132 Å². The van der Waals surface area contributed by atoms with Crippen molar-refractivity contribution in [3.8, 4) is 5.75 Å². The van der Waals surface area contributed by atoms with Crippen LogP contribution in [0, 0.1) is 5.92 Å². The molecule has 10 heteroatoms. The van der Waals surface area contributed by atoms with Gasteiger partial charge in [0.1, 0.15) is 11.3 Å². The fourth-order valence-corrected chi connectivity index (χ4v) is 6.14. The van der Waals surface area contributed by atoms with E-state index in [1.54, 1.807) is 36.4 Å². The van der Waals surface area contributed by atoms with Crippen molar-refractivity contribution in [2.75, 3.05) is 20.2 Å². The van der Waals surface area contributed by atoms with E-state index in [9.17, 15) is 24.3 Å². The van der Waals surface area contributed by atoms with Crippen LogP contribution in [0.2, 0.25) is 0 Å². The molecule has 4 aromatic rings. The average molecular weight is 545 g/mol. The summed E-state index contributed by atoms with van der Waals surface area (Å²) in [6.45, 7) is 2.28. The highest BCUT2D eigenvalue weighted by Crippen LogP contribution is 2.37. The number of carbonyl (C=O) groups excluding carboxylic acids is 1. The Morgan fingerprint density at radius 1 is 1.10 bits per heavy atom. The van der Waals surface area contributed by atoms with Crippen LogP contribution in [0.3, 0.4) is 0 Å². The van der Waals surface area contributed by atoms with Crippen LogP contribution in [-0.4, -0.2) is 40.7 Å². The fraction of sp³-hybridized carbons (Fsp3) is 0.333. The maximum atomic E-state index is 13.4. The van der Waals surface area contributed by atoms with Crippen molar-refractivity contribution in [2.24, 2.45) is 5.92 Å². The molecule has 0 saturated carbocycles. The number of aromatic hydroxyl groups is 1. The van der Waals surface area contributed by atoms with E-state index < -0.39 is 28.5 Å². The van der Waals surface area contributed by atoms with Crippen molar-refractivity contribution in [3.05, 3.63) is 108 Å². The van der Waals surface area contributed by atoms with Crippen LogP contribution in [0.15, 0.2) is 78.0 Å². The van der Waals surface area contributed by atoms with Gasteiger partial charge in [-0.25, -0.2) is 0 Å². The number of para-hydroxylation sites is 1. The Hall–Kier alpha value is -4.44. The van der Waals surface area contributed by atoms with Gasteiger partial charge < -0.3 is 23.2 Å². The molecule has 2 bridgehead atoms. The molecule has 2 aliphatic rings. The molecule has 3 aromatic heterocycles.